The lowest BCUT2D eigenvalue weighted by atomic mass is 9.84. The van der Waals surface area contributed by atoms with Gasteiger partial charge < -0.3 is 4.74 Å². The van der Waals surface area contributed by atoms with Crippen LogP contribution in [0.25, 0.3) is 15.1 Å². The molecule has 0 saturated carbocycles. The maximum atomic E-state index is 12.5. The van der Waals surface area contributed by atoms with Crippen molar-refractivity contribution >= 4 is 33.3 Å². The summed E-state index contributed by atoms with van der Waals surface area (Å²) in [7, 11) is 0. The molecule has 2 unspecified atom stereocenters. The number of benzene rings is 1. The van der Waals surface area contributed by atoms with E-state index in [2.05, 4.69) is 9.83 Å². The molecule has 1 heterocycles. The third-order valence-corrected chi connectivity index (χ3v) is 5.01. The van der Waals surface area contributed by atoms with Crippen molar-refractivity contribution < 1.29 is 14.3 Å². The zero-order chi connectivity index (χ0) is 17.9. The van der Waals surface area contributed by atoms with E-state index in [0.29, 0.717) is 16.1 Å². The van der Waals surface area contributed by atoms with E-state index in [0.717, 1.165) is 4.70 Å². The SMILES string of the molecule is [C-]#[N+]C(C#N)C(C)(C(=O)OCC)c1nc2cc(C(C)=O)ccc2s1. The van der Waals surface area contributed by atoms with Crippen molar-refractivity contribution in [2.24, 2.45) is 0 Å². The number of hydrogen-bond donors (Lipinski definition) is 0. The number of nitrogens with zero attached hydrogens (tertiary/aromatic N) is 3. The Labute approximate surface area is 143 Å². The molecule has 0 N–H and O–H groups in total. The summed E-state index contributed by atoms with van der Waals surface area (Å²) in [6.07, 6.45) is 0. The molecule has 6 nitrogen and oxygen atoms in total. The highest BCUT2D eigenvalue weighted by Crippen LogP contribution is 2.37. The molecule has 1 aromatic carbocycles. The lowest BCUT2D eigenvalue weighted by Gasteiger charge is -2.22. The molecule has 0 aliphatic carbocycles. The molecule has 2 aromatic rings. The van der Waals surface area contributed by atoms with E-state index in [1.54, 1.807) is 25.1 Å². The fourth-order valence-electron chi connectivity index (χ4n) is 2.25. The molecule has 2 rings (SSSR count). The molecule has 0 fully saturated rings. The van der Waals surface area contributed by atoms with Gasteiger partial charge in [-0.2, -0.15) is 5.26 Å². The predicted molar refractivity (Wildman–Crippen MR) is 89.6 cm³/mol. The van der Waals surface area contributed by atoms with Crippen LogP contribution in [0.1, 0.15) is 36.1 Å². The Morgan fingerprint density at radius 3 is 2.79 bits per heavy atom. The van der Waals surface area contributed by atoms with E-state index in [1.165, 1.54) is 25.2 Å². The van der Waals surface area contributed by atoms with Crippen LogP contribution in [-0.2, 0) is 14.9 Å². The standard InChI is InChI=1S/C17H15N3O3S/c1-5-23-16(22)17(3,14(9-18)19-4)15-20-12-8-11(10(2)21)6-7-13(12)24-15/h6-8,14H,5H2,1-3H3. The van der Waals surface area contributed by atoms with Gasteiger partial charge in [-0.15, -0.1) is 11.3 Å². The van der Waals surface area contributed by atoms with Gasteiger partial charge in [-0.3, -0.25) is 14.4 Å². The minimum atomic E-state index is -1.48. The van der Waals surface area contributed by atoms with Gasteiger partial charge in [0.25, 0.3) is 0 Å². The molecular formula is C17H15N3O3S. The summed E-state index contributed by atoms with van der Waals surface area (Å²) in [5.74, 6) is -0.742. The minimum Gasteiger partial charge on any atom is -0.465 e. The number of fused-ring (bicyclic) bond motifs is 1. The molecule has 24 heavy (non-hydrogen) atoms. The lowest BCUT2D eigenvalue weighted by molar-refractivity contribution is -0.149. The third-order valence-electron chi connectivity index (χ3n) is 3.74. The van der Waals surface area contributed by atoms with Gasteiger partial charge in [0.15, 0.2) is 11.9 Å². The number of ether oxygens (including phenoxy) is 1. The van der Waals surface area contributed by atoms with E-state index in [9.17, 15) is 14.9 Å². The highest BCUT2D eigenvalue weighted by atomic mass is 32.1. The average molecular weight is 341 g/mol. The molecule has 7 heteroatoms. The van der Waals surface area contributed by atoms with Crippen LogP contribution in [0.15, 0.2) is 18.2 Å². The van der Waals surface area contributed by atoms with Crippen LogP contribution in [0.5, 0.6) is 0 Å². The normalized spacial score (nSPS) is 14.2. The Balaban J connectivity index is 2.64. The topological polar surface area (TPSA) is 84.4 Å². The minimum absolute atomic E-state index is 0.0873. The molecule has 0 aliphatic heterocycles. The first-order valence-electron chi connectivity index (χ1n) is 7.23. The monoisotopic (exact) mass is 341 g/mol. The molecular weight excluding hydrogens is 326 g/mol. The summed E-state index contributed by atoms with van der Waals surface area (Å²) in [6.45, 7) is 12.0. The number of rotatable bonds is 5. The van der Waals surface area contributed by atoms with Gasteiger partial charge in [-0.1, -0.05) is 0 Å². The zero-order valence-electron chi connectivity index (χ0n) is 13.5. The van der Waals surface area contributed by atoms with Gasteiger partial charge in [-0.25, -0.2) is 11.6 Å². The summed E-state index contributed by atoms with van der Waals surface area (Å²) < 4.78 is 5.85. The van der Waals surface area contributed by atoms with Gasteiger partial charge in [0.05, 0.1) is 16.8 Å². The molecule has 1 aromatic heterocycles. The molecule has 2 atom stereocenters. The number of nitriles is 1. The van der Waals surface area contributed by atoms with Crippen LogP contribution in [-0.4, -0.2) is 29.4 Å². The molecule has 0 bridgehead atoms. The molecule has 0 spiro atoms. The molecule has 0 radical (unpaired) electrons. The maximum absolute atomic E-state index is 12.5. The Kier molecular flexibility index (Phi) is 4.96. The van der Waals surface area contributed by atoms with Crippen molar-refractivity contribution in [3.63, 3.8) is 0 Å². The number of esters is 1. The molecule has 0 aliphatic rings. The number of aromatic nitrogens is 1. The maximum Gasteiger partial charge on any atom is 0.329 e. The summed E-state index contributed by atoms with van der Waals surface area (Å²) in [5.41, 5.74) is -0.411. The summed E-state index contributed by atoms with van der Waals surface area (Å²) in [6, 6.07) is 5.69. The fraction of sp³-hybridized carbons (Fsp3) is 0.353. The van der Waals surface area contributed by atoms with Gasteiger partial charge in [0.2, 0.25) is 5.41 Å². The van der Waals surface area contributed by atoms with Crippen LogP contribution in [0, 0.1) is 17.9 Å². The highest BCUT2D eigenvalue weighted by Gasteiger charge is 2.52. The van der Waals surface area contributed by atoms with Crippen LogP contribution in [0.3, 0.4) is 0 Å². The third kappa shape index (κ3) is 2.86. The van der Waals surface area contributed by atoms with Crippen molar-refractivity contribution in [3.8, 4) is 6.07 Å². The van der Waals surface area contributed by atoms with E-state index < -0.39 is 17.4 Å². The highest BCUT2D eigenvalue weighted by molar-refractivity contribution is 7.18. The number of hydrogen-bond acceptors (Lipinski definition) is 6. The van der Waals surface area contributed by atoms with Crippen LogP contribution in [0.4, 0.5) is 0 Å². The quantitative estimate of drug-likeness (QED) is 0.474. The average Bonchev–Trinajstić information content (AvgIpc) is 2.99. The Morgan fingerprint density at radius 2 is 2.25 bits per heavy atom. The first-order chi connectivity index (χ1) is 11.4. The van der Waals surface area contributed by atoms with Gasteiger partial charge in [-0.05, 0) is 39.0 Å². The molecule has 0 amide bonds. The van der Waals surface area contributed by atoms with E-state index in [1.807, 2.05) is 6.07 Å². The van der Waals surface area contributed by atoms with Crippen LogP contribution >= 0.6 is 11.3 Å². The summed E-state index contributed by atoms with van der Waals surface area (Å²) >= 11 is 1.22. The lowest BCUT2D eigenvalue weighted by Crippen LogP contribution is -2.43. The van der Waals surface area contributed by atoms with Gasteiger partial charge in [0, 0.05) is 5.56 Å². The second kappa shape index (κ2) is 6.77. The fourth-order valence-corrected chi connectivity index (χ4v) is 3.36. The number of ketones is 1. The van der Waals surface area contributed by atoms with Crippen LogP contribution < -0.4 is 0 Å². The van der Waals surface area contributed by atoms with Crippen LogP contribution in [0.2, 0.25) is 0 Å². The Bertz CT molecular complexity index is 877. The molecule has 0 saturated heterocycles. The molecule has 122 valence electrons. The number of carbonyl (C=O) groups is 2. The number of thiazole rings is 1. The number of Topliss-reactive ketones (excluding diaryl/α,β-unsaturated/α-hetero) is 1. The Hall–Kier alpha value is -2.77. The largest absolute Gasteiger partial charge is 0.465 e. The van der Waals surface area contributed by atoms with Crippen molar-refractivity contribution in [2.45, 2.75) is 32.2 Å². The van der Waals surface area contributed by atoms with Crippen molar-refractivity contribution in [3.05, 3.63) is 40.2 Å². The number of carbonyl (C=O) groups excluding carboxylic acids is 2. The first-order valence-corrected chi connectivity index (χ1v) is 8.05. The smallest absolute Gasteiger partial charge is 0.329 e. The first kappa shape index (κ1) is 17.6. The van der Waals surface area contributed by atoms with Crippen molar-refractivity contribution in [2.75, 3.05) is 6.61 Å². The van der Waals surface area contributed by atoms with E-state index in [4.69, 9.17) is 11.3 Å². The van der Waals surface area contributed by atoms with E-state index >= 15 is 0 Å². The van der Waals surface area contributed by atoms with Gasteiger partial charge >= 0.3 is 12.0 Å². The summed E-state index contributed by atoms with van der Waals surface area (Å²) in [4.78, 5) is 31.7. The van der Waals surface area contributed by atoms with Crippen molar-refractivity contribution in [1.82, 2.24) is 4.98 Å². The predicted octanol–water partition coefficient (Wildman–Crippen LogP) is 3.13. The zero-order valence-corrected chi connectivity index (χ0v) is 14.3. The second-order valence-electron chi connectivity index (χ2n) is 5.34. The van der Waals surface area contributed by atoms with E-state index in [-0.39, 0.29) is 12.4 Å². The summed E-state index contributed by atoms with van der Waals surface area (Å²) in [5, 5.41) is 9.63. The van der Waals surface area contributed by atoms with Gasteiger partial charge in [0.1, 0.15) is 5.01 Å². The Morgan fingerprint density at radius 1 is 1.54 bits per heavy atom. The van der Waals surface area contributed by atoms with Crippen molar-refractivity contribution in [1.29, 1.82) is 5.26 Å². The second-order valence-corrected chi connectivity index (χ2v) is 6.37.